The van der Waals surface area contributed by atoms with Gasteiger partial charge in [-0.15, -0.1) is 0 Å². The number of Topliss-reactive ketones (excluding diaryl/α,β-unsaturated/α-hetero) is 1. The molecule has 1 heterocycles. The van der Waals surface area contributed by atoms with Gasteiger partial charge in [0.05, 0.1) is 5.56 Å². The zero-order chi connectivity index (χ0) is 19.1. The van der Waals surface area contributed by atoms with Crippen LogP contribution in [-0.4, -0.2) is 16.7 Å². The molecule has 1 nitrogen and oxygen atoms in total. The van der Waals surface area contributed by atoms with Crippen LogP contribution in [0.5, 0.6) is 0 Å². The van der Waals surface area contributed by atoms with Crippen molar-refractivity contribution in [2.75, 3.05) is 0 Å². The number of carbonyl (C=O) groups is 1. The Balaban J connectivity index is 2.13. The van der Waals surface area contributed by atoms with Crippen molar-refractivity contribution >= 4 is 23.9 Å². The summed E-state index contributed by atoms with van der Waals surface area (Å²) in [6, 6.07) is 14.9. The zero-order valence-electron chi connectivity index (χ0n) is 16.4. The molecule has 2 unspecified atom stereocenters. The largest absolute Gasteiger partial charge is 0.293 e. The van der Waals surface area contributed by atoms with Crippen molar-refractivity contribution in [3.05, 3.63) is 77.9 Å². The molecular weight excluding hydrogens is 347 g/mol. The van der Waals surface area contributed by atoms with E-state index in [-0.39, 0.29) is 11.7 Å². The molecule has 2 aliphatic rings. The highest BCUT2D eigenvalue weighted by molar-refractivity contribution is 7.68. The summed E-state index contributed by atoms with van der Waals surface area (Å²) in [6.07, 6.45) is 8.40. The second-order valence-corrected chi connectivity index (χ2v) is 10.7. The Hall–Kier alpha value is -2.24. The number of ketones is 1. The Morgan fingerprint density at radius 1 is 0.926 bits per heavy atom. The van der Waals surface area contributed by atoms with E-state index in [9.17, 15) is 4.79 Å². The van der Waals surface area contributed by atoms with Crippen molar-refractivity contribution in [2.45, 2.75) is 39.3 Å². The number of allylic oxidation sites excluding steroid dienone is 4. The molecule has 0 saturated heterocycles. The molecule has 0 fully saturated rings. The Bertz CT molecular complexity index is 990. The first-order valence-corrected chi connectivity index (χ1v) is 11.2. The van der Waals surface area contributed by atoms with Crippen LogP contribution in [0.1, 0.15) is 49.5 Å². The molecule has 2 aromatic rings. The molecular formula is C25H26OP+. The number of benzene rings is 2. The maximum Gasteiger partial charge on any atom is 0.182 e. The van der Waals surface area contributed by atoms with Gasteiger partial charge < -0.3 is 0 Å². The summed E-state index contributed by atoms with van der Waals surface area (Å²) in [6.45, 7) is 9.10. The van der Waals surface area contributed by atoms with E-state index in [0.29, 0.717) is 11.6 Å². The van der Waals surface area contributed by atoms with Crippen LogP contribution in [0, 0.1) is 5.92 Å². The van der Waals surface area contributed by atoms with Crippen LogP contribution in [0.2, 0.25) is 0 Å². The average Bonchev–Trinajstić information content (AvgIpc) is 2.67. The quantitative estimate of drug-likeness (QED) is 0.594. The summed E-state index contributed by atoms with van der Waals surface area (Å²) in [5, 5.41) is 2.62. The summed E-state index contributed by atoms with van der Waals surface area (Å²) >= 11 is 0. The summed E-state index contributed by atoms with van der Waals surface area (Å²) in [5.74, 6) is 0.589. The number of hydrogen-bond acceptors (Lipinski definition) is 1. The zero-order valence-corrected chi connectivity index (χ0v) is 17.3. The van der Waals surface area contributed by atoms with Gasteiger partial charge in [0.2, 0.25) is 0 Å². The molecule has 2 aromatic carbocycles. The van der Waals surface area contributed by atoms with Crippen molar-refractivity contribution in [3.63, 3.8) is 0 Å². The minimum atomic E-state index is -0.558. The van der Waals surface area contributed by atoms with E-state index < -0.39 is 7.55 Å². The van der Waals surface area contributed by atoms with Gasteiger partial charge in [-0.2, -0.15) is 0 Å². The second-order valence-electron chi connectivity index (χ2n) is 7.92. The number of rotatable bonds is 3. The van der Waals surface area contributed by atoms with Crippen molar-refractivity contribution in [1.82, 2.24) is 0 Å². The SMILES string of the molecule is CC(C)c1ccc2c(c1-c1ccccc1)[P+](C(C)C)=C1C=CC=CC1C2=O. The van der Waals surface area contributed by atoms with E-state index >= 15 is 0 Å². The molecule has 0 spiro atoms. The molecule has 0 bridgehead atoms. The van der Waals surface area contributed by atoms with Gasteiger partial charge in [0.15, 0.2) is 11.1 Å². The van der Waals surface area contributed by atoms with Crippen LogP contribution in [0.25, 0.3) is 11.1 Å². The summed E-state index contributed by atoms with van der Waals surface area (Å²) in [5.41, 5.74) is 5.30. The van der Waals surface area contributed by atoms with Gasteiger partial charge in [-0.1, -0.05) is 68.5 Å². The predicted molar refractivity (Wildman–Crippen MR) is 119 cm³/mol. The smallest absolute Gasteiger partial charge is 0.182 e. The van der Waals surface area contributed by atoms with Crippen molar-refractivity contribution in [1.29, 1.82) is 0 Å². The molecule has 0 saturated carbocycles. The van der Waals surface area contributed by atoms with Gasteiger partial charge in [-0.3, -0.25) is 4.79 Å². The van der Waals surface area contributed by atoms with E-state index in [4.69, 9.17) is 0 Å². The van der Waals surface area contributed by atoms with Gasteiger partial charge in [-0.05, 0) is 43.0 Å². The highest BCUT2D eigenvalue weighted by Gasteiger charge is 2.44. The second kappa shape index (κ2) is 7.06. The fourth-order valence-electron chi connectivity index (χ4n) is 4.28. The number of fused-ring (bicyclic) bond motifs is 2. The summed E-state index contributed by atoms with van der Waals surface area (Å²) < 4.78 is 0. The van der Waals surface area contributed by atoms with Gasteiger partial charge in [0.1, 0.15) is 24.4 Å². The van der Waals surface area contributed by atoms with E-state index in [1.807, 2.05) is 6.08 Å². The standard InChI is InChI=1S/C25H26OP/c1-16(2)19-14-15-21-24(26)20-12-8-9-13-22(20)27(17(3)4)25(21)23(19)18-10-6-5-7-11-18/h5-17,20H,1-4H3/q+1. The van der Waals surface area contributed by atoms with Crippen molar-refractivity contribution in [2.24, 2.45) is 5.92 Å². The van der Waals surface area contributed by atoms with Crippen molar-refractivity contribution in [3.8, 4) is 11.1 Å². The first-order chi connectivity index (χ1) is 13.0. The maximum atomic E-state index is 13.4. The van der Waals surface area contributed by atoms with Crippen LogP contribution in [0.15, 0.2) is 66.8 Å². The number of hydrogen-bond donors (Lipinski definition) is 0. The van der Waals surface area contributed by atoms with E-state index in [1.54, 1.807) is 0 Å². The van der Waals surface area contributed by atoms with Crippen LogP contribution in [-0.2, 0) is 0 Å². The Kier molecular flexibility index (Phi) is 4.74. The van der Waals surface area contributed by atoms with Gasteiger partial charge in [-0.25, -0.2) is 0 Å². The first-order valence-electron chi connectivity index (χ1n) is 9.78. The molecule has 0 aromatic heterocycles. The van der Waals surface area contributed by atoms with Crippen LogP contribution in [0.4, 0.5) is 0 Å². The fourth-order valence-corrected chi connectivity index (χ4v) is 7.35. The minimum absolute atomic E-state index is 0.0791. The van der Waals surface area contributed by atoms with Crippen molar-refractivity contribution < 1.29 is 4.79 Å². The lowest BCUT2D eigenvalue weighted by Crippen LogP contribution is -2.34. The third-order valence-electron chi connectivity index (χ3n) is 5.48. The maximum absolute atomic E-state index is 13.4. The van der Waals surface area contributed by atoms with Gasteiger partial charge in [0.25, 0.3) is 0 Å². The van der Waals surface area contributed by atoms with E-state index in [1.165, 1.54) is 27.3 Å². The molecule has 27 heavy (non-hydrogen) atoms. The Labute approximate surface area is 163 Å². The summed E-state index contributed by atoms with van der Waals surface area (Å²) in [7, 11) is -0.558. The van der Waals surface area contributed by atoms with Crippen LogP contribution in [0.3, 0.4) is 0 Å². The third kappa shape index (κ3) is 2.95. The molecule has 0 radical (unpaired) electrons. The molecule has 136 valence electrons. The van der Waals surface area contributed by atoms with E-state index in [2.05, 4.69) is 88.4 Å². The molecule has 0 amide bonds. The molecule has 2 heteroatoms. The van der Waals surface area contributed by atoms with Gasteiger partial charge in [0, 0.05) is 5.56 Å². The Morgan fingerprint density at radius 3 is 2.33 bits per heavy atom. The Morgan fingerprint density at radius 2 is 1.67 bits per heavy atom. The molecule has 2 atom stereocenters. The van der Waals surface area contributed by atoms with Gasteiger partial charge >= 0.3 is 0 Å². The fraction of sp³-hybridized carbons (Fsp3) is 0.280. The molecule has 1 aliphatic carbocycles. The highest BCUT2D eigenvalue weighted by Crippen LogP contribution is 2.45. The topological polar surface area (TPSA) is 17.1 Å². The lowest BCUT2D eigenvalue weighted by atomic mass is 9.86. The van der Waals surface area contributed by atoms with Crippen LogP contribution < -0.4 is 5.30 Å². The molecule has 4 rings (SSSR count). The number of carbonyl (C=O) groups excluding carboxylic acids is 1. The summed E-state index contributed by atoms with van der Waals surface area (Å²) in [4.78, 5) is 13.4. The van der Waals surface area contributed by atoms with E-state index in [0.717, 1.165) is 5.56 Å². The third-order valence-corrected chi connectivity index (χ3v) is 8.44. The first kappa shape index (κ1) is 18.1. The molecule has 1 aliphatic heterocycles. The molecule has 0 N–H and O–H groups in total. The minimum Gasteiger partial charge on any atom is -0.293 e. The highest BCUT2D eigenvalue weighted by atomic mass is 31.1. The lowest BCUT2D eigenvalue weighted by molar-refractivity contribution is 0.0974. The monoisotopic (exact) mass is 373 g/mol. The van der Waals surface area contributed by atoms with Crippen LogP contribution >= 0.6 is 7.55 Å². The lowest BCUT2D eigenvalue weighted by Gasteiger charge is -2.25. The predicted octanol–water partition coefficient (Wildman–Crippen LogP) is 6.10. The average molecular weight is 373 g/mol. The normalized spacial score (nSPS) is 19.6.